The molecule has 0 N–H and O–H groups in total. The van der Waals surface area contributed by atoms with Gasteiger partial charge in [-0.2, -0.15) is 0 Å². The normalized spacial score (nSPS) is 13.2. The molecular formula is C20H24IN. The van der Waals surface area contributed by atoms with Crippen molar-refractivity contribution in [2.75, 3.05) is 0 Å². The Kier molecular flexibility index (Phi) is 3.59. The van der Waals surface area contributed by atoms with Gasteiger partial charge < -0.3 is 0 Å². The molecule has 0 fully saturated rings. The lowest BCUT2D eigenvalue weighted by Crippen LogP contribution is -2.11. The van der Waals surface area contributed by atoms with Crippen LogP contribution in [0, 0.1) is 0 Å². The first kappa shape index (κ1) is 15.9. The Morgan fingerprint density at radius 3 is 2.09 bits per heavy atom. The van der Waals surface area contributed by atoms with Gasteiger partial charge in [0.05, 0.1) is 33.9 Å². The van der Waals surface area contributed by atoms with Crippen molar-refractivity contribution < 1.29 is 0 Å². The molecule has 0 amide bonds. The smallest absolute Gasteiger partial charge is 0.0646 e. The van der Waals surface area contributed by atoms with Crippen molar-refractivity contribution in [1.29, 1.82) is 0 Å². The Bertz CT molecular complexity index is 857. The molecule has 0 radical (unpaired) electrons. The predicted molar refractivity (Wildman–Crippen MR) is 106 cm³/mol. The van der Waals surface area contributed by atoms with Crippen LogP contribution in [0.2, 0.25) is 0 Å². The van der Waals surface area contributed by atoms with Crippen molar-refractivity contribution in [3.63, 3.8) is 0 Å². The van der Waals surface area contributed by atoms with Crippen molar-refractivity contribution in [3.8, 4) is 0 Å². The van der Waals surface area contributed by atoms with Gasteiger partial charge in [-0.15, -0.1) is 0 Å². The molecule has 2 aromatic carbocycles. The molecule has 0 bridgehead atoms. The Labute approximate surface area is 147 Å². The average Bonchev–Trinajstić information content (AvgIpc) is 2.70. The van der Waals surface area contributed by atoms with Crippen LogP contribution in [0.5, 0.6) is 0 Å². The summed E-state index contributed by atoms with van der Waals surface area (Å²) in [4.78, 5) is 0. The van der Waals surface area contributed by atoms with E-state index in [9.17, 15) is 0 Å². The third-order valence-corrected chi connectivity index (χ3v) is 5.45. The molecule has 0 atom stereocenters. The molecule has 0 aliphatic heterocycles. The topological polar surface area (TPSA) is 4.93 Å². The third kappa shape index (κ3) is 2.45. The van der Waals surface area contributed by atoms with Gasteiger partial charge in [0.1, 0.15) is 0 Å². The number of nitrogens with zero attached hydrogens (tertiary/aromatic N) is 1. The minimum absolute atomic E-state index is 0.146. The van der Waals surface area contributed by atoms with Gasteiger partial charge >= 0.3 is 0 Å². The van der Waals surface area contributed by atoms with Crippen LogP contribution < -0.4 is 0 Å². The Hall–Kier alpha value is -1.03. The van der Waals surface area contributed by atoms with Crippen molar-refractivity contribution in [1.82, 2.24) is 2.78 Å². The second-order valence-electron chi connectivity index (χ2n) is 8.21. The first-order chi connectivity index (χ1) is 10.1. The van der Waals surface area contributed by atoms with E-state index in [1.54, 1.807) is 0 Å². The number of benzene rings is 2. The van der Waals surface area contributed by atoms with E-state index < -0.39 is 0 Å². The second-order valence-corrected chi connectivity index (χ2v) is 9.18. The predicted octanol–water partition coefficient (Wildman–Crippen LogP) is 6.59. The first-order valence-electron chi connectivity index (χ1n) is 7.85. The van der Waals surface area contributed by atoms with Crippen molar-refractivity contribution >= 4 is 44.7 Å². The standard InChI is InChI=1S/C20H24IN/c1-19(2,3)13-10-11-14-17(12-13)22(21)16-9-7-8-15(18(14)16)20(4,5)6/h7-12H,1-6H3. The van der Waals surface area contributed by atoms with E-state index in [4.69, 9.17) is 0 Å². The van der Waals surface area contributed by atoms with Crippen LogP contribution in [0.1, 0.15) is 52.7 Å². The Morgan fingerprint density at radius 2 is 1.50 bits per heavy atom. The Morgan fingerprint density at radius 1 is 0.818 bits per heavy atom. The van der Waals surface area contributed by atoms with E-state index in [1.165, 1.54) is 32.9 Å². The summed E-state index contributed by atoms with van der Waals surface area (Å²) in [6.45, 7) is 13.7. The summed E-state index contributed by atoms with van der Waals surface area (Å²) in [5, 5.41) is 2.77. The summed E-state index contributed by atoms with van der Waals surface area (Å²) in [7, 11) is 0. The van der Waals surface area contributed by atoms with Crippen molar-refractivity contribution in [3.05, 3.63) is 47.5 Å². The molecule has 1 nitrogen and oxygen atoms in total. The van der Waals surface area contributed by atoms with E-state index in [1.807, 2.05) is 0 Å². The van der Waals surface area contributed by atoms with E-state index >= 15 is 0 Å². The van der Waals surface area contributed by atoms with E-state index in [-0.39, 0.29) is 10.8 Å². The van der Waals surface area contributed by atoms with Gasteiger partial charge in [0.25, 0.3) is 0 Å². The van der Waals surface area contributed by atoms with Crippen LogP contribution in [0.3, 0.4) is 0 Å². The fraction of sp³-hybridized carbons (Fsp3) is 0.400. The van der Waals surface area contributed by atoms with Gasteiger partial charge in [-0.05, 0) is 34.1 Å². The maximum Gasteiger partial charge on any atom is 0.0646 e. The molecule has 0 aliphatic rings. The summed E-state index contributed by atoms with van der Waals surface area (Å²) in [5.41, 5.74) is 5.77. The third-order valence-electron chi connectivity index (χ3n) is 4.41. The SMILES string of the molecule is CC(C)(C)c1ccc2c3c(C(C)(C)C)cccc3n(I)c2c1. The van der Waals surface area contributed by atoms with Crippen molar-refractivity contribution in [2.45, 2.75) is 52.4 Å². The molecule has 2 heteroatoms. The van der Waals surface area contributed by atoms with Crippen LogP contribution >= 0.6 is 22.9 Å². The summed E-state index contributed by atoms with van der Waals surface area (Å²) >= 11 is 2.44. The van der Waals surface area contributed by atoms with Gasteiger partial charge in [0, 0.05) is 10.8 Å². The van der Waals surface area contributed by atoms with Gasteiger partial charge in [0.15, 0.2) is 0 Å². The highest BCUT2D eigenvalue weighted by Gasteiger charge is 2.22. The Balaban J connectivity index is 2.45. The largest absolute Gasteiger partial charge is 0.282 e. The van der Waals surface area contributed by atoms with Gasteiger partial charge in [-0.1, -0.05) is 65.8 Å². The molecule has 1 aromatic heterocycles. The number of rotatable bonds is 0. The minimum Gasteiger partial charge on any atom is -0.282 e. The highest BCUT2D eigenvalue weighted by molar-refractivity contribution is 14.1. The molecule has 3 rings (SSSR count). The fourth-order valence-electron chi connectivity index (χ4n) is 3.11. The molecule has 116 valence electrons. The maximum atomic E-state index is 2.44. The zero-order valence-electron chi connectivity index (χ0n) is 14.3. The number of hydrogen-bond acceptors (Lipinski definition) is 0. The quantitative estimate of drug-likeness (QED) is 0.372. The summed E-state index contributed by atoms with van der Waals surface area (Å²) < 4.78 is 2.31. The van der Waals surface area contributed by atoms with Crippen LogP contribution in [0.15, 0.2) is 36.4 Å². The molecular weight excluding hydrogens is 381 g/mol. The maximum absolute atomic E-state index is 2.44. The van der Waals surface area contributed by atoms with Crippen LogP contribution in [0.4, 0.5) is 0 Å². The summed E-state index contributed by atoms with van der Waals surface area (Å²) in [6.07, 6.45) is 0. The van der Waals surface area contributed by atoms with Gasteiger partial charge in [-0.25, -0.2) is 0 Å². The summed E-state index contributed by atoms with van der Waals surface area (Å²) in [6, 6.07) is 13.6. The number of fused-ring (bicyclic) bond motifs is 3. The summed E-state index contributed by atoms with van der Waals surface area (Å²) in [5.74, 6) is 0. The van der Waals surface area contributed by atoms with Crippen LogP contribution in [-0.4, -0.2) is 2.78 Å². The van der Waals surface area contributed by atoms with Gasteiger partial charge in [0.2, 0.25) is 0 Å². The molecule has 0 unspecified atom stereocenters. The molecule has 0 spiro atoms. The molecule has 0 saturated carbocycles. The van der Waals surface area contributed by atoms with Gasteiger partial charge in [-0.3, -0.25) is 2.78 Å². The lowest BCUT2D eigenvalue weighted by Gasteiger charge is -2.21. The number of halogens is 1. The lowest BCUT2D eigenvalue weighted by atomic mass is 9.83. The zero-order chi connectivity index (χ0) is 16.3. The second kappa shape index (κ2) is 4.98. The van der Waals surface area contributed by atoms with E-state index in [2.05, 4.69) is 104 Å². The molecule has 1 heterocycles. The average molecular weight is 405 g/mol. The minimum atomic E-state index is 0.146. The highest BCUT2D eigenvalue weighted by Crippen LogP contribution is 2.39. The van der Waals surface area contributed by atoms with Crippen LogP contribution in [-0.2, 0) is 10.8 Å². The van der Waals surface area contributed by atoms with Crippen LogP contribution in [0.25, 0.3) is 21.8 Å². The van der Waals surface area contributed by atoms with Crippen molar-refractivity contribution in [2.24, 2.45) is 0 Å². The first-order valence-corrected chi connectivity index (χ1v) is 8.81. The highest BCUT2D eigenvalue weighted by atomic mass is 127. The monoisotopic (exact) mass is 405 g/mol. The zero-order valence-corrected chi connectivity index (χ0v) is 16.4. The van der Waals surface area contributed by atoms with E-state index in [0.717, 1.165) is 0 Å². The lowest BCUT2D eigenvalue weighted by molar-refractivity contribution is 0.591. The van der Waals surface area contributed by atoms with E-state index in [0.29, 0.717) is 0 Å². The molecule has 3 aromatic rings. The number of aromatic nitrogens is 1. The molecule has 0 saturated heterocycles. The fourth-order valence-corrected chi connectivity index (χ4v) is 3.91. The molecule has 22 heavy (non-hydrogen) atoms. The number of hydrogen-bond donors (Lipinski definition) is 0. The molecule has 0 aliphatic carbocycles.